The molecule has 0 saturated heterocycles. The van der Waals surface area contributed by atoms with Crippen LogP contribution in [0.1, 0.15) is 58.8 Å². The fourth-order valence-electron chi connectivity index (χ4n) is 8.36. The summed E-state index contributed by atoms with van der Waals surface area (Å²) in [5.74, 6) is -0.243. The quantitative estimate of drug-likeness (QED) is 0.336. The van der Waals surface area contributed by atoms with Gasteiger partial charge >= 0.3 is 12.4 Å². The second kappa shape index (κ2) is 7.84. The summed E-state index contributed by atoms with van der Waals surface area (Å²) in [6.45, 7) is 2.85. The van der Waals surface area contributed by atoms with Crippen molar-refractivity contribution in [3.8, 4) is 0 Å². The van der Waals surface area contributed by atoms with E-state index in [1.54, 1.807) is 0 Å². The topological polar surface area (TPSA) is 35.5 Å². The molecule has 188 valence electrons. The summed E-state index contributed by atoms with van der Waals surface area (Å²) >= 11 is 0. The maximum atomic E-state index is 14.1. The lowest BCUT2D eigenvalue weighted by molar-refractivity contribution is -0.401. The van der Waals surface area contributed by atoms with Gasteiger partial charge in [0.1, 0.15) is 12.6 Å². The van der Waals surface area contributed by atoms with Gasteiger partial charge in [-0.25, -0.2) is 0 Å². The highest BCUT2D eigenvalue weighted by Crippen LogP contribution is 2.60. The number of carbonyl (C=O) groups excluding carboxylic acids is 1. The van der Waals surface area contributed by atoms with Gasteiger partial charge in [-0.3, -0.25) is 4.79 Å². The lowest BCUT2D eigenvalue weighted by Crippen LogP contribution is -2.61. The van der Waals surface area contributed by atoms with Crippen LogP contribution in [0.5, 0.6) is 0 Å². The summed E-state index contributed by atoms with van der Waals surface area (Å²) in [4.78, 5) is 12.5. The van der Waals surface area contributed by atoms with Crippen molar-refractivity contribution in [3.63, 3.8) is 0 Å². The van der Waals surface area contributed by atoms with Gasteiger partial charge in [0.05, 0.1) is 6.10 Å². The van der Waals surface area contributed by atoms with E-state index in [2.05, 4.69) is 0 Å². The highest BCUT2D eigenvalue weighted by molar-refractivity contribution is 5.86. The summed E-state index contributed by atoms with van der Waals surface area (Å²) in [5.41, 5.74) is -4.26. The Bertz CT molecular complexity index is 763. The first-order valence-electron chi connectivity index (χ1n) is 12.2. The number of carbonyl (C=O) groups is 1. The van der Waals surface area contributed by atoms with Crippen LogP contribution in [0.25, 0.3) is 0 Å². The van der Waals surface area contributed by atoms with E-state index in [9.17, 15) is 31.1 Å². The number of alkyl halides is 6. The largest absolute Gasteiger partial charge is 0.426 e. The molecule has 6 aliphatic rings. The van der Waals surface area contributed by atoms with E-state index in [4.69, 9.17) is 9.47 Å². The minimum absolute atomic E-state index is 0.00729. The van der Waals surface area contributed by atoms with Crippen LogP contribution in [0.15, 0.2) is 0 Å². The fraction of sp³-hybridized carbons (Fsp3) is 0.958. The number of Topliss-reactive ketones (excluding diaryl/α,β-unsaturated/α-hetero) is 1. The van der Waals surface area contributed by atoms with Crippen LogP contribution in [0, 0.1) is 53.3 Å². The zero-order chi connectivity index (χ0) is 23.9. The Morgan fingerprint density at radius 3 is 2.15 bits per heavy atom. The lowest BCUT2D eigenvalue weighted by atomic mass is 9.54. The summed E-state index contributed by atoms with van der Waals surface area (Å²) < 4.78 is 94.9. The van der Waals surface area contributed by atoms with Crippen molar-refractivity contribution in [3.05, 3.63) is 0 Å². The molecule has 10 unspecified atom stereocenters. The van der Waals surface area contributed by atoms with E-state index in [1.807, 2.05) is 13.8 Å². The van der Waals surface area contributed by atoms with Crippen LogP contribution in [0.3, 0.4) is 0 Å². The Labute approximate surface area is 189 Å². The lowest BCUT2D eigenvalue weighted by Gasteiger charge is -2.52. The van der Waals surface area contributed by atoms with Crippen molar-refractivity contribution >= 4 is 5.78 Å². The van der Waals surface area contributed by atoms with Gasteiger partial charge in [0.2, 0.25) is 0 Å². The maximum Gasteiger partial charge on any atom is 0.426 e. The molecule has 0 aromatic rings. The number of hydrogen-bond donors (Lipinski definition) is 0. The van der Waals surface area contributed by atoms with Crippen molar-refractivity contribution in [2.45, 2.75) is 82.9 Å². The third kappa shape index (κ3) is 3.66. The minimum Gasteiger partial charge on any atom is -0.351 e. The molecular weight excluding hydrogens is 450 g/mol. The average Bonchev–Trinajstić information content (AvgIpc) is 3.23. The molecule has 0 aromatic heterocycles. The molecule has 0 N–H and O–H groups in total. The highest BCUT2D eigenvalue weighted by atomic mass is 19.4. The predicted octanol–water partition coefficient (Wildman–Crippen LogP) is 6.16. The Morgan fingerprint density at radius 2 is 1.55 bits per heavy atom. The van der Waals surface area contributed by atoms with Crippen molar-refractivity contribution < 1.29 is 40.6 Å². The van der Waals surface area contributed by atoms with Gasteiger partial charge in [0.15, 0.2) is 0 Å². The van der Waals surface area contributed by atoms with Gasteiger partial charge in [-0.15, -0.1) is 0 Å². The van der Waals surface area contributed by atoms with Crippen LogP contribution >= 0.6 is 0 Å². The van der Waals surface area contributed by atoms with Crippen molar-refractivity contribution in [1.82, 2.24) is 0 Å². The van der Waals surface area contributed by atoms with Crippen molar-refractivity contribution in [1.29, 1.82) is 0 Å². The molecule has 10 atom stereocenters. The molecule has 33 heavy (non-hydrogen) atoms. The van der Waals surface area contributed by atoms with Gasteiger partial charge < -0.3 is 9.47 Å². The minimum atomic E-state index is -5.62. The standard InChI is InChI=1S/C24H32F6O3/c1-11-12(2)18-8-14(11)6-17(18)9-22(23(25,26)27,24(28,29)30)33-10-32-21-16-4-13-3-15(7-16)20(31)19(21)5-13/h11-19,21H,3-10H2,1-2H3. The zero-order valence-corrected chi connectivity index (χ0v) is 18.9. The van der Waals surface area contributed by atoms with Crippen molar-refractivity contribution in [2.24, 2.45) is 53.3 Å². The number of fused-ring (bicyclic) bond motifs is 2. The van der Waals surface area contributed by atoms with E-state index < -0.39 is 49.1 Å². The normalized spacial score (nSPS) is 44.8. The fourth-order valence-corrected chi connectivity index (χ4v) is 8.36. The van der Waals surface area contributed by atoms with E-state index in [1.165, 1.54) is 0 Å². The molecule has 6 aliphatic carbocycles. The Kier molecular flexibility index (Phi) is 5.67. The Balaban J connectivity index is 1.32. The smallest absolute Gasteiger partial charge is 0.351 e. The second-order valence-corrected chi connectivity index (χ2v) is 11.6. The first kappa shape index (κ1) is 23.9. The van der Waals surface area contributed by atoms with Gasteiger partial charge in [0.25, 0.3) is 5.60 Å². The van der Waals surface area contributed by atoms with Crippen LogP contribution in [0.4, 0.5) is 26.3 Å². The number of ketones is 1. The molecule has 0 heterocycles. The van der Waals surface area contributed by atoms with Gasteiger partial charge in [0, 0.05) is 11.8 Å². The van der Waals surface area contributed by atoms with E-state index in [0.717, 1.165) is 12.8 Å². The van der Waals surface area contributed by atoms with Crippen LogP contribution < -0.4 is 0 Å². The first-order chi connectivity index (χ1) is 15.3. The monoisotopic (exact) mass is 482 g/mol. The second-order valence-electron chi connectivity index (χ2n) is 11.6. The van der Waals surface area contributed by atoms with E-state index in [0.29, 0.717) is 37.5 Å². The third-order valence-electron chi connectivity index (χ3n) is 10.1. The van der Waals surface area contributed by atoms with E-state index >= 15 is 0 Å². The molecule has 6 bridgehead atoms. The van der Waals surface area contributed by atoms with Crippen LogP contribution in [-0.2, 0) is 14.3 Å². The summed E-state index contributed by atoms with van der Waals surface area (Å²) in [6.07, 6.45) is -9.06. The molecule has 6 rings (SSSR count). The number of ether oxygens (including phenoxy) is 2. The number of hydrogen-bond acceptors (Lipinski definition) is 3. The zero-order valence-electron chi connectivity index (χ0n) is 18.9. The molecule has 0 aliphatic heterocycles. The molecule has 3 nitrogen and oxygen atoms in total. The van der Waals surface area contributed by atoms with Crippen LogP contribution in [-0.4, -0.2) is 36.6 Å². The summed E-state index contributed by atoms with van der Waals surface area (Å²) in [5, 5.41) is 0. The molecule has 0 amide bonds. The maximum absolute atomic E-state index is 14.1. The average molecular weight is 483 g/mol. The number of halogens is 6. The predicted molar refractivity (Wildman–Crippen MR) is 106 cm³/mol. The summed E-state index contributed by atoms with van der Waals surface area (Å²) in [6, 6.07) is 0. The Hall–Kier alpha value is -0.830. The van der Waals surface area contributed by atoms with Gasteiger partial charge in [-0.05, 0) is 86.4 Å². The third-order valence-corrected chi connectivity index (χ3v) is 10.1. The summed E-state index contributed by atoms with van der Waals surface area (Å²) in [7, 11) is 0. The highest BCUT2D eigenvalue weighted by Gasteiger charge is 2.73. The van der Waals surface area contributed by atoms with Crippen molar-refractivity contribution in [2.75, 3.05) is 6.79 Å². The Morgan fingerprint density at radius 1 is 0.848 bits per heavy atom. The SMILES string of the molecule is CC1C2CC(CC(OCOC3C4CC5CC(C4)C(=O)C3C5)(C(F)(F)F)C(F)(F)F)C(C2)C1C. The molecule has 9 heteroatoms. The molecule has 0 radical (unpaired) electrons. The number of rotatable bonds is 6. The molecule has 6 saturated carbocycles. The first-order valence-corrected chi connectivity index (χ1v) is 12.2. The van der Waals surface area contributed by atoms with Gasteiger partial charge in [-0.1, -0.05) is 13.8 Å². The van der Waals surface area contributed by atoms with Crippen LogP contribution in [0.2, 0.25) is 0 Å². The molecule has 6 fully saturated rings. The molecule has 0 spiro atoms. The molecule has 0 aromatic carbocycles. The van der Waals surface area contributed by atoms with Gasteiger partial charge in [-0.2, -0.15) is 26.3 Å². The van der Waals surface area contributed by atoms with E-state index in [-0.39, 0.29) is 35.4 Å². The molecular formula is C24H32F6O3.